The van der Waals surface area contributed by atoms with Gasteiger partial charge < -0.3 is 0 Å². The van der Waals surface area contributed by atoms with Crippen LogP contribution in [0.25, 0.3) is 0 Å². The van der Waals surface area contributed by atoms with Gasteiger partial charge in [0, 0.05) is 38.1 Å². The van der Waals surface area contributed by atoms with Crippen LogP contribution >= 0.6 is 0 Å². The van der Waals surface area contributed by atoms with E-state index in [1.807, 2.05) is 0 Å². The number of amides is 4. The zero-order chi connectivity index (χ0) is 35.8. The fraction of sp³-hybridized carbons (Fsp3) is 0.864. The minimum absolute atomic E-state index is 0.0274. The highest BCUT2D eigenvalue weighted by atomic mass is 16.2. The molecule has 4 amide bonds. The zero-order valence-electron chi connectivity index (χ0n) is 32.6. The molecule has 2 aliphatic heterocycles. The lowest BCUT2D eigenvalue weighted by Crippen LogP contribution is -2.35. The number of carbonyl (C=O) groups excluding carboxylic acids is 4. The van der Waals surface area contributed by atoms with Gasteiger partial charge in [-0.3, -0.25) is 29.0 Å². The third-order valence-electron chi connectivity index (χ3n) is 12.4. The molecule has 0 radical (unpaired) electrons. The second kappa shape index (κ2) is 25.9. The van der Waals surface area contributed by atoms with Crippen LogP contribution in [0.5, 0.6) is 0 Å². The van der Waals surface area contributed by atoms with E-state index < -0.39 is 0 Å². The number of likely N-dealkylation sites (tertiary alicyclic amines) is 1. The van der Waals surface area contributed by atoms with Gasteiger partial charge in [0.2, 0.25) is 11.8 Å². The lowest BCUT2D eigenvalue weighted by Gasteiger charge is -2.44. The molecule has 0 aromatic heterocycles. The van der Waals surface area contributed by atoms with Crippen molar-refractivity contribution in [2.24, 2.45) is 23.7 Å². The van der Waals surface area contributed by atoms with E-state index in [-0.39, 0.29) is 23.6 Å². The lowest BCUT2D eigenvalue weighted by molar-refractivity contribution is -0.139. The van der Waals surface area contributed by atoms with Crippen LogP contribution in [0.2, 0.25) is 0 Å². The highest BCUT2D eigenvalue weighted by Gasteiger charge is 2.37. The van der Waals surface area contributed by atoms with E-state index in [2.05, 4.69) is 13.8 Å². The van der Waals surface area contributed by atoms with Gasteiger partial charge >= 0.3 is 0 Å². The molecular weight excluding hydrogens is 620 g/mol. The third kappa shape index (κ3) is 15.7. The Morgan fingerprint density at radius 1 is 0.440 bits per heavy atom. The Hall–Kier alpha value is -1.98. The van der Waals surface area contributed by atoms with Crippen LogP contribution in [0.1, 0.15) is 206 Å². The molecular formula is C44H76N2O4. The van der Waals surface area contributed by atoms with Crippen molar-refractivity contribution in [2.45, 2.75) is 206 Å². The first-order valence-corrected chi connectivity index (χ1v) is 21.8. The highest BCUT2D eigenvalue weighted by Crippen LogP contribution is 2.47. The van der Waals surface area contributed by atoms with Crippen molar-refractivity contribution in [3.8, 4) is 0 Å². The van der Waals surface area contributed by atoms with E-state index in [0.29, 0.717) is 25.9 Å². The SMILES string of the molecule is CCCCCCCCC1C(CCCCCC)CCC(CCCCCCCCN2C(=O)C=CC2=O)C1CCCCCCCCN1C(=O)CCC1=O. The van der Waals surface area contributed by atoms with Gasteiger partial charge in [0.15, 0.2) is 0 Å². The maximum absolute atomic E-state index is 11.9. The predicted molar refractivity (Wildman–Crippen MR) is 206 cm³/mol. The van der Waals surface area contributed by atoms with E-state index >= 15 is 0 Å². The Labute approximate surface area is 307 Å². The number of hydrogen-bond acceptors (Lipinski definition) is 4. The predicted octanol–water partition coefficient (Wildman–Crippen LogP) is 11.5. The molecule has 4 atom stereocenters. The topological polar surface area (TPSA) is 74.8 Å². The van der Waals surface area contributed by atoms with Gasteiger partial charge in [-0.05, 0) is 62.2 Å². The Kier molecular flexibility index (Phi) is 22.0. The minimum Gasteiger partial charge on any atom is -0.283 e. The number of nitrogens with zero attached hydrogens (tertiary/aromatic N) is 2. The van der Waals surface area contributed by atoms with Gasteiger partial charge in [-0.25, -0.2) is 0 Å². The van der Waals surface area contributed by atoms with Crippen molar-refractivity contribution in [1.82, 2.24) is 9.80 Å². The van der Waals surface area contributed by atoms with E-state index in [0.717, 1.165) is 49.4 Å². The average molecular weight is 697 g/mol. The molecule has 4 unspecified atom stereocenters. The van der Waals surface area contributed by atoms with E-state index in [4.69, 9.17) is 0 Å². The van der Waals surface area contributed by atoms with Gasteiger partial charge in [-0.1, -0.05) is 155 Å². The molecule has 3 rings (SSSR count). The van der Waals surface area contributed by atoms with Crippen molar-refractivity contribution < 1.29 is 19.2 Å². The maximum Gasteiger partial charge on any atom is 0.253 e. The standard InChI is InChI=1S/C44H76N2O4/c1-3-5-7-9-15-21-27-39-37(25-19-8-6-4-2)29-30-38(26-20-14-10-12-17-23-35-45-41(47)31-32-42(45)48)40(39)28-22-16-11-13-18-24-36-46-43(49)33-34-44(46)50/h31-32,37-40H,3-30,33-36H2,1-2H3. The first kappa shape index (κ1) is 42.4. The Morgan fingerprint density at radius 2 is 0.780 bits per heavy atom. The molecule has 1 aliphatic carbocycles. The molecule has 0 aromatic rings. The van der Waals surface area contributed by atoms with Crippen molar-refractivity contribution in [3.05, 3.63) is 12.2 Å². The molecule has 6 nitrogen and oxygen atoms in total. The molecule has 286 valence electrons. The summed E-state index contributed by atoms with van der Waals surface area (Å²) in [6.45, 7) is 5.83. The molecule has 0 spiro atoms. The summed E-state index contributed by atoms with van der Waals surface area (Å²) in [5, 5.41) is 0. The number of imide groups is 2. The first-order valence-electron chi connectivity index (χ1n) is 21.8. The number of rotatable bonds is 30. The van der Waals surface area contributed by atoms with Crippen LogP contribution in [0.3, 0.4) is 0 Å². The van der Waals surface area contributed by atoms with Gasteiger partial charge in [0.25, 0.3) is 11.8 Å². The summed E-state index contributed by atoms with van der Waals surface area (Å²) >= 11 is 0. The second-order valence-corrected chi connectivity index (χ2v) is 16.3. The largest absolute Gasteiger partial charge is 0.283 e. The smallest absolute Gasteiger partial charge is 0.253 e. The maximum atomic E-state index is 11.9. The van der Waals surface area contributed by atoms with Crippen LogP contribution in [-0.2, 0) is 19.2 Å². The first-order chi connectivity index (χ1) is 24.5. The Balaban J connectivity index is 1.45. The molecule has 0 N–H and O–H groups in total. The summed E-state index contributed by atoms with van der Waals surface area (Å²) < 4.78 is 0. The molecule has 2 fully saturated rings. The Morgan fingerprint density at radius 3 is 1.22 bits per heavy atom. The monoisotopic (exact) mass is 697 g/mol. The van der Waals surface area contributed by atoms with Gasteiger partial charge in [0.1, 0.15) is 0 Å². The van der Waals surface area contributed by atoms with Crippen molar-refractivity contribution >= 4 is 23.6 Å². The van der Waals surface area contributed by atoms with Crippen LogP contribution in [0, 0.1) is 23.7 Å². The van der Waals surface area contributed by atoms with Crippen LogP contribution in [0.4, 0.5) is 0 Å². The summed E-state index contributed by atoms with van der Waals surface area (Å²) in [7, 11) is 0. The molecule has 1 saturated carbocycles. The molecule has 1 saturated heterocycles. The summed E-state index contributed by atoms with van der Waals surface area (Å²) in [5.74, 6) is 3.39. The summed E-state index contributed by atoms with van der Waals surface area (Å²) in [6.07, 6.45) is 40.5. The molecule has 0 aromatic carbocycles. The number of hydrogen-bond donors (Lipinski definition) is 0. The lowest BCUT2D eigenvalue weighted by atomic mass is 9.61. The van der Waals surface area contributed by atoms with Gasteiger partial charge in [-0.15, -0.1) is 0 Å². The fourth-order valence-electron chi connectivity index (χ4n) is 9.43. The van der Waals surface area contributed by atoms with Gasteiger partial charge in [0.05, 0.1) is 0 Å². The molecule has 0 bridgehead atoms. The molecule has 50 heavy (non-hydrogen) atoms. The van der Waals surface area contributed by atoms with Crippen LogP contribution in [0.15, 0.2) is 12.2 Å². The van der Waals surface area contributed by atoms with E-state index in [1.54, 1.807) is 0 Å². The molecule has 2 heterocycles. The zero-order valence-corrected chi connectivity index (χ0v) is 32.6. The molecule has 6 heteroatoms. The Bertz CT molecular complexity index is 974. The second-order valence-electron chi connectivity index (χ2n) is 16.3. The average Bonchev–Trinajstić information content (AvgIpc) is 3.61. The van der Waals surface area contributed by atoms with E-state index in [9.17, 15) is 19.2 Å². The van der Waals surface area contributed by atoms with Crippen molar-refractivity contribution in [1.29, 1.82) is 0 Å². The van der Waals surface area contributed by atoms with Crippen molar-refractivity contribution in [3.63, 3.8) is 0 Å². The summed E-state index contributed by atoms with van der Waals surface area (Å²) in [5.41, 5.74) is 0. The normalized spacial score (nSPS) is 22.5. The number of carbonyl (C=O) groups is 4. The van der Waals surface area contributed by atoms with Crippen LogP contribution < -0.4 is 0 Å². The minimum atomic E-state index is -0.152. The highest BCUT2D eigenvalue weighted by molar-refractivity contribution is 6.12. The number of unbranched alkanes of at least 4 members (excludes halogenated alkanes) is 18. The summed E-state index contributed by atoms with van der Waals surface area (Å²) in [4.78, 5) is 50.3. The fourth-order valence-corrected chi connectivity index (χ4v) is 9.43. The van der Waals surface area contributed by atoms with Crippen LogP contribution in [-0.4, -0.2) is 46.5 Å². The molecule has 3 aliphatic rings. The van der Waals surface area contributed by atoms with Gasteiger partial charge in [-0.2, -0.15) is 0 Å². The quantitative estimate of drug-likeness (QED) is 0.0553. The third-order valence-corrected chi connectivity index (χ3v) is 12.4. The van der Waals surface area contributed by atoms with E-state index in [1.165, 1.54) is 176 Å². The summed E-state index contributed by atoms with van der Waals surface area (Å²) in [6, 6.07) is 0. The van der Waals surface area contributed by atoms with Crippen molar-refractivity contribution in [2.75, 3.05) is 13.1 Å².